The third-order valence-corrected chi connectivity index (χ3v) is 6.36. The lowest BCUT2D eigenvalue weighted by Crippen LogP contribution is -2.50. The second-order valence-corrected chi connectivity index (χ2v) is 10.7. The van der Waals surface area contributed by atoms with Gasteiger partial charge in [0.2, 0.25) is 11.7 Å². The Morgan fingerprint density at radius 2 is 1.64 bits per heavy atom. The second-order valence-electron chi connectivity index (χ2n) is 10.7. The van der Waals surface area contributed by atoms with Gasteiger partial charge < -0.3 is 10.4 Å². The Labute approximate surface area is 228 Å². The van der Waals surface area contributed by atoms with E-state index in [4.69, 9.17) is 0 Å². The zero-order chi connectivity index (χ0) is 28.3. The molecule has 0 radical (unpaired) electrons. The number of carbonyl (C=O) groups is 2. The van der Waals surface area contributed by atoms with Crippen LogP contribution in [0.15, 0.2) is 66.7 Å². The van der Waals surface area contributed by atoms with Crippen LogP contribution in [0.4, 0.5) is 5.69 Å². The molecular formula is C30H34N6O3. The Hall–Kier alpha value is -4.53. The van der Waals surface area contributed by atoms with Crippen molar-refractivity contribution < 1.29 is 14.7 Å². The molecule has 2 amide bonds. The molecule has 1 atom stereocenters. The summed E-state index contributed by atoms with van der Waals surface area (Å²) in [5.74, 6) is -0.275. The Bertz CT molecular complexity index is 1470. The molecule has 0 aliphatic heterocycles. The molecule has 3 aromatic carbocycles. The number of rotatable bonds is 7. The van der Waals surface area contributed by atoms with Crippen LogP contribution in [0.3, 0.4) is 0 Å². The first-order chi connectivity index (χ1) is 18.4. The van der Waals surface area contributed by atoms with Crippen LogP contribution in [-0.2, 0) is 16.1 Å². The van der Waals surface area contributed by atoms with Crippen LogP contribution < -0.4 is 10.2 Å². The molecule has 4 rings (SSSR count). The molecule has 0 aliphatic carbocycles. The van der Waals surface area contributed by atoms with Crippen molar-refractivity contribution in [2.45, 2.75) is 59.7 Å². The van der Waals surface area contributed by atoms with Crippen molar-refractivity contribution in [1.82, 2.24) is 25.5 Å². The fourth-order valence-electron chi connectivity index (χ4n) is 4.25. The second kappa shape index (κ2) is 11.1. The molecule has 4 aromatic rings. The minimum Gasteiger partial charge on any atom is -0.508 e. The summed E-state index contributed by atoms with van der Waals surface area (Å²) >= 11 is 0. The standard InChI is InChI=1S/C30H34N6O3/c1-19-10-12-23(13-11-19)28-32-34-35(33-28)18-26(38)36(25-9-7-8-20(2)21(25)3)27(29(39)31-30(4,5)6)22-14-16-24(37)17-15-22/h7-17,27,37H,18H2,1-6H3,(H,31,39). The van der Waals surface area contributed by atoms with E-state index in [2.05, 4.69) is 20.7 Å². The van der Waals surface area contributed by atoms with E-state index in [0.29, 0.717) is 17.1 Å². The number of nitrogens with zero attached hydrogens (tertiary/aromatic N) is 5. The van der Waals surface area contributed by atoms with Gasteiger partial charge in [0.1, 0.15) is 18.3 Å². The highest BCUT2D eigenvalue weighted by atomic mass is 16.3. The Kier molecular flexibility index (Phi) is 7.80. The van der Waals surface area contributed by atoms with Gasteiger partial charge in [-0.15, -0.1) is 10.2 Å². The third kappa shape index (κ3) is 6.49. The Balaban J connectivity index is 1.78. The van der Waals surface area contributed by atoms with E-state index in [-0.39, 0.29) is 18.2 Å². The first-order valence-corrected chi connectivity index (χ1v) is 12.8. The highest BCUT2D eigenvalue weighted by molar-refractivity contribution is 6.02. The molecule has 9 heteroatoms. The van der Waals surface area contributed by atoms with Crippen molar-refractivity contribution >= 4 is 17.5 Å². The maximum absolute atomic E-state index is 14.1. The number of anilines is 1. The molecule has 0 spiro atoms. The van der Waals surface area contributed by atoms with E-state index < -0.39 is 17.5 Å². The van der Waals surface area contributed by atoms with E-state index in [1.165, 1.54) is 21.8 Å². The van der Waals surface area contributed by atoms with Gasteiger partial charge in [0.15, 0.2) is 0 Å². The van der Waals surface area contributed by atoms with E-state index in [0.717, 1.165) is 22.3 Å². The lowest BCUT2D eigenvalue weighted by atomic mass is 9.98. The van der Waals surface area contributed by atoms with Gasteiger partial charge >= 0.3 is 0 Å². The van der Waals surface area contributed by atoms with Crippen LogP contribution in [0.25, 0.3) is 11.4 Å². The molecule has 0 saturated heterocycles. The molecule has 0 saturated carbocycles. The van der Waals surface area contributed by atoms with Gasteiger partial charge in [-0.3, -0.25) is 14.5 Å². The zero-order valence-corrected chi connectivity index (χ0v) is 23.1. The number of hydrogen-bond acceptors (Lipinski definition) is 6. The summed E-state index contributed by atoms with van der Waals surface area (Å²) in [6.45, 7) is 11.3. The van der Waals surface area contributed by atoms with Crippen LogP contribution in [-0.4, -0.2) is 42.7 Å². The minimum absolute atomic E-state index is 0.0637. The van der Waals surface area contributed by atoms with Gasteiger partial charge in [-0.1, -0.05) is 54.1 Å². The zero-order valence-electron chi connectivity index (χ0n) is 23.1. The maximum Gasteiger partial charge on any atom is 0.251 e. The lowest BCUT2D eigenvalue weighted by Gasteiger charge is -2.34. The number of phenols is 1. The maximum atomic E-state index is 14.1. The molecule has 1 heterocycles. The summed E-state index contributed by atoms with van der Waals surface area (Å²) in [5.41, 5.74) is 4.35. The molecule has 39 heavy (non-hydrogen) atoms. The number of aryl methyl sites for hydroxylation is 2. The molecule has 1 aromatic heterocycles. The lowest BCUT2D eigenvalue weighted by molar-refractivity contribution is -0.128. The number of aromatic nitrogens is 4. The third-order valence-electron chi connectivity index (χ3n) is 6.36. The molecule has 202 valence electrons. The molecule has 0 fully saturated rings. The fourth-order valence-corrected chi connectivity index (χ4v) is 4.25. The molecule has 1 unspecified atom stereocenters. The normalized spacial score (nSPS) is 12.2. The summed E-state index contributed by atoms with van der Waals surface area (Å²) in [7, 11) is 0. The van der Waals surface area contributed by atoms with Gasteiger partial charge in [-0.05, 0) is 81.6 Å². The first-order valence-electron chi connectivity index (χ1n) is 12.8. The summed E-state index contributed by atoms with van der Waals surface area (Å²) in [6, 6.07) is 18.7. The number of hydrogen-bond donors (Lipinski definition) is 2. The number of aromatic hydroxyl groups is 1. The summed E-state index contributed by atoms with van der Waals surface area (Å²) in [6.07, 6.45) is 0. The van der Waals surface area contributed by atoms with E-state index in [1.807, 2.05) is 84.0 Å². The SMILES string of the molecule is Cc1ccc(-c2nnn(CC(=O)N(c3cccc(C)c3C)C(C(=O)NC(C)(C)C)c3ccc(O)cc3)n2)cc1. The van der Waals surface area contributed by atoms with Gasteiger partial charge in [-0.25, -0.2) is 0 Å². The highest BCUT2D eigenvalue weighted by Gasteiger charge is 2.35. The minimum atomic E-state index is -1.02. The largest absolute Gasteiger partial charge is 0.508 e. The van der Waals surface area contributed by atoms with Gasteiger partial charge in [0.25, 0.3) is 5.91 Å². The Morgan fingerprint density at radius 3 is 2.28 bits per heavy atom. The van der Waals surface area contributed by atoms with E-state index >= 15 is 0 Å². The Morgan fingerprint density at radius 1 is 0.974 bits per heavy atom. The quantitative estimate of drug-likeness (QED) is 0.362. The molecular weight excluding hydrogens is 492 g/mol. The monoisotopic (exact) mass is 526 g/mol. The van der Waals surface area contributed by atoms with Gasteiger partial charge in [-0.2, -0.15) is 4.80 Å². The van der Waals surface area contributed by atoms with Crippen molar-refractivity contribution in [3.8, 4) is 17.1 Å². The van der Waals surface area contributed by atoms with Crippen LogP contribution in [0, 0.1) is 20.8 Å². The number of phenolic OH excluding ortho intramolecular Hbond substituents is 1. The van der Waals surface area contributed by atoms with E-state index in [1.54, 1.807) is 12.1 Å². The number of amides is 2. The van der Waals surface area contributed by atoms with Gasteiger partial charge in [0, 0.05) is 16.8 Å². The number of tetrazole rings is 1. The summed E-state index contributed by atoms with van der Waals surface area (Å²) in [4.78, 5) is 30.6. The van der Waals surface area contributed by atoms with Crippen LogP contribution in [0.1, 0.15) is 49.1 Å². The van der Waals surface area contributed by atoms with Crippen molar-refractivity contribution in [1.29, 1.82) is 0 Å². The summed E-state index contributed by atoms with van der Waals surface area (Å²) < 4.78 is 0. The van der Waals surface area contributed by atoms with Crippen molar-refractivity contribution in [2.75, 3.05) is 4.90 Å². The smallest absolute Gasteiger partial charge is 0.251 e. The molecule has 0 bridgehead atoms. The predicted octanol–water partition coefficient (Wildman–Crippen LogP) is 4.66. The van der Waals surface area contributed by atoms with Crippen LogP contribution in [0.5, 0.6) is 5.75 Å². The molecule has 0 aliphatic rings. The topological polar surface area (TPSA) is 113 Å². The highest BCUT2D eigenvalue weighted by Crippen LogP contribution is 2.33. The van der Waals surface area contributed by atoms with E-state index in [9.17, 15) is 14.7 Å². The summed E-state index contributed by atoms with van der Waals surface area (Å²) in [5, 5.41) is 25.6. The fraction of sp³-hybridized carbons (Fsp3) is 0.300. The predicted molar refractivity (Wildman–Crippen MR) is 150 cm³/mol. The number of carbonyl (C=O) groups excluding carboxylic acids is 2. The van der Waals surface area contributed by atoms with Crippen LogP contribution >= 0.6 is 0 Å². The molecule has 2 N–H and O–H groups in total. The van der Waals surface area contributed by atoms with Crippen molar-refractivity contribution in [3.63, 3.8) is 0 Å². The van der Waals surface area contributed by atoms with Crippen LogP contribution in [0.2, 0.25) is 0 Å². The molecule has 9 nitrogen and oxygen atoms in total. The van der Waals surface area contributed by atoms with Crippen molar-refractivity contribution in [2.24, 2.45) is 0 Å². The average Bonchev–Trinajstić information content (AvgIpc) is 3.33. The van der Waals surface area contributed by atoms with Crippen molar-refractivity contribution in [3.05, 3.63) is 89.0 Å². The first kappa shape index (κ1) is 27.5. The number of benzene rings is 3. The average molecular weight is 527 g/mol. The van der Waals surface area contributed by atoms with Gasteiger partial charge in [0.05, 0.1) is 0 Å². The number of nitrogens with one attached hydrogen (secondary N) is 1.